The second-order valence-electron chi connectivity index (χ2n) is 10.8. The number of hydrogen-bond donors (Lipinski definition) is 1. The Morgan fingerprint density at radius 1 is 1.16 bits per heavy atom. The van der Waals surface area contributed by atoms with Gasteiger partial charge >= 0.3 is 12.1 Å². The summed E-state index contributed by atoms with van der Waals surface area (Å²) in [4.78, 5) is 36.3. The molecule has 11 heteroatoms. The minimum absolute atomic E-state index is 0.0159. The number of methoxy groups -OCH3 is 1. The van der Waals surface area contributed by atoms with Gasteiger partial charge in [0.15, 0.2) is 5.75 Å². The number of aryl methyl sites for hydroxylation is 1. The van der Waals surface area contributed by atoms with Crippen LogP contribution in [0.4, 0.5) is 26.8 Å². The lowest BCUT2D eigenvalue weighted by atomic mass is 10.1. The normalized spacial score (nSPS) is 17.5. The van der Waals surface area contributed by atoms with Gasteiger partial charge in [-0.2, -0.15) is 5.10 Å². The van der Waals surface area contributed by atoms with Crippen molar-refractivity contribution in [3.05, 3.63) is 41.9 Å². The van der Waals surface area contributed by atoms with Crippen LogP contribution in [0.3, 0.4) is 0 Å². The number of nitrogens with zero attached hydrogens (tertiary/aromatic N) is 6. The molecule has 1 fully saturated rings. The Balaban J connectivity index is 1.32. The molecule has 5 heterocycles. The quantitative estimate of drug-likeness (QED) is 0.554. The van der Waals surface area contributed by atoms with E-state index >= 15 is 0 Å². The smallest absolute Gasteiger partial charge is 0.410 e. The molecule has 2 aliphatic heterocycles. The van der Waals surface area contributed by atoms with Crippen LogP contribution in [-0.4, -0.2) is 76.6 Å². The first kappa shape index (κ1) is 25.6. The zero-order chi connectivity index (χ0) is 27.2. The van der Waals surface area contributed by atoms with Gasteiger partial charge in [0.25, 0.3) is 0 Å². The molecular formula is C27H35N7O4. The van der Waals surface area contributed by atoms with Gasteiger partial charge in [-0.25, -0.2) is 19.1 Å². The second kappa shape index (κ2) is 9.70. The fraction of sp³-hybridized carbons (Fsp3) is 0.481. The number of urea groups is 1. The van der Waals surface area contributed by atoms with E-state index in [0.29, 0.717) is 49.9 Å². The van der Waals surface area contributed by atoms with Gasteiger partial charge in [0, 0.05) is 49.7 Å². The number of rotatable bonds is 3. The fourth-order valence-electron chi connectivity index (χ4n) is 5.13. The molecule has 3 amide bonds. The van der Waals surface area contributed by atoms with E-state index in [1.54, 1.807) is 33.8 Å². The van der Waals surface area contributed by atoms with Crippen LogP contribution in [-0.2, 0) is 11.2 Å². The summed E-state index contributed by atoms with van der Waals surface area (Å²) in [5.41, 5.74) is 3.87. The zero-order valence-electron chi connectivity index (χ0n) is 22.8. The zero-order valence-corrected chi connectivity index (χ0v) is 22.8. The third kappa shape index (κ3) is 4.92. The first-order valence-electron chi connectivity index (χ1n) is 12.9. The van der Waals surface area contributed by atoms with Crippen LogP contribution in [0.5, 0.6) is 5.75 Å². The van der Waals surface area contributed by atoms with Crippen LogP contribution in [0.2, 0.25) is 0 Å². The van der Waals surface area contributed by atoms with Gasteiger partial charge in [0.05, 0.1) is 30.2 Å². The highest BCUT2D eigenvalue weighted by Crippen LogP contribution is 2.36. The summed E-state index contributed by atoms with van der Waals surface area (Å²) in [6.45, 7) is 12.0. The Bertz CT molecular complexity index is 1380. The van der Waals surface area contributed by atoms with Crippen LogP contribution in [0, 0.1) is 6.92 Å². The van der Waals surface area contributed by atoms with Crippen molar-refractivity contribution < 1.29 is 19.1 Å². The van der Waals surface area contributed by atoms with Crippen molar-refractivity contribution in [1.82, 2.24) is 19.5 Å². The van der Waals surface area contributed by atoms with Gasteiger partial charge in [-0.1, -0.05) is 0 Å². The number of nitrogens with one attached hydrogen (secondary N) is 1. The maximum atomic E-state index is 13.4. The highest BCUT2D eigenvalue weighted by Gasteiger charge is 2.34. The SMILES string of the molecule is COc1cn2nc(C)cc2cc1NC(=O)N1CCc2c(N3CCN(C(=O)OC(C)(C)C)[C@H](C)C3)ccnc21. The Morgan fingerprint density at radius 2 is 1.95 bits per heavy atom. The van der Waals surface area contributed by atoms with Gasteiger partial charge in [0.2, 0.25) is 0 Å². The number of carbonyl (C=O) groups is 2. The molecule has 0 saturated carbocycles. The molecule has 0 bridgehead atoms. The highest BCUT2D eigenvalue weighted by atomic mass is 16.6. The number of carbonyl (C=O) groups excluding carboxylic acids is 2. The number of piperazine rings is 1. The Hall–Kier alpha value is -4.02. The van der Waals surface area contributed by atoms with E-state index in [0.717, 1.165) is 22.5 Å². The number of fused-ring (bicyclic) bond motifs is 2. The molecule has 0 unspecified atom stereocenters. The minimum Gasteiger partial charge on any atom is -0.493 e. The predicted molar refractivity (Wildman–Crippen MR) is 145 cm³/mol. The number of amides is 3. The molecule has 0 radical (unpaired) electrons. The molecule has 3 aromatic heterocycles. The largest absolute Gasteiger partial charge is 0.493 e. The fourth-order valence-corrected chi connectivity index (χ4v) is 5.13. The molecule has 38 heavy (non-hydrogen) atoms. The average molecular weight is 522 g/mol. The lowest BCUT2D eigenvalue weighted by Gasteiger charge is -2.41. The van der Waals surface area contributed by atoms with Crippen molar-refractivity contribution >= 4 is 34.8 Å². The molecule has 3 aromatic rings. The Morgan fingerprint density at radius 3 is 2.66 bits per heavy atom. The predicted octanol–water partition coefficient (Wildman–Crippen LogP) is 4.09. The van der Waals surface area contributed by atoms with Crippen LogP contribution in [0.1, 0.15) is 39.0 Å². The number of anilines is 3. The average Bonchev–Trinajstić information content (AvgIpc) is 3.44. The maximum absolute atomic E-state index is 13.4. The van der Waals surface area contributed by atoms with E-state index in [1.165, 1.54) is 0 Å². The summed E-state index contributed by atoms with van der Waals surface area (Å²) in [7, 11) is 1.57. The molecule has 5 rings (SSSR count). The number of aromatic nitrogens is 3. The molecule has 0 spiro atoms. The van der Waals surface area contributed by atoms with Gasteiger partial charge in [0.1, 0.15) is 11.4 Å². The third-order valence-electron chi connectivity index (χ3n) is 6.84. The van der Waals surface area contributed by atoms with Crippen molar-refractivity contribution in [3.8, 4) is 5.75 Å². The van der Waals surface area contributed by atoms with Crippen LogP contribution in [0.15, 0.2) is 30.6 Å². The van der Waals surface area contributed by atoms with Crippen LogP contribution >= 0.6 is 0 Å². The summed E-state index contributed by atoms with van der Waals surface area (Å²) in [5.74, 6) is 1.18. The molecule has 1 saturated heterocycles. The monoisotopic (exact) mass is 521 g/mol. The van der Waals surface area contributed by atoms with Crippen molar-refractivity contribution in [2.75, 3.05) is 48.4 Å². The van der Waals surface area contributed by atoms with Gasteiger partial charge in [-0.15, -0.1) is 0 Å². The van der Waals surface area contributed by atoms with Crippen molar-refractivity contribution in [2.24, 2.45) is 0 Å². The second-order valence-corrected chi connectivity index (χ2v) is 10.8. The summed E-state index contributed by atoms with van der Waals surface area (Å²) >= 11 is 0. The third-order valence-corrected chi connectivity index (χ3v) is 6.84. The molecule has 1 N–H and O–H groups in total. The van der Waals surface area contributed by atoms with Crippen LogP contribution in [0.25, 0.3) is 5.52 Å². The van der Waals surface area contributed by atoms with Gasteiger partial charge in [-0.05, 0) is 59.2 Å². The maximum Gasteiger partial charge on any atom is 0.410 e. The molecule has 1 atom stereocenters. The summed E-state index contributed by atoms with van der Waals surface area (Å²) < 4.78 is 12.8. The molecule has 2 aliphatic rings. The number of ether oxygens (including phenoxy) is 2. The van der Waals surface area contributed by atoms with Crippen molar-refractivity contribution in [1.29, 1.82) is 0 Å². The molecule has 11 nitrogen and oxygen atoms in total. The molecule has 202 valence electrons. The minimum atomic E-state index is -0.530. The Kier molecular flexibility index (Phi) is 6.54. The number of hydrogen-bond acceptors (Lipinski definition) is 7. The Labute approximate surface area is 222 Å². The topological polar surface area (TPSA) is 105 Å². The standard InChI is InChI=1S/C27H35N7O4/c1-17-13-19-14-21(23(37-6)16-34(19)30-17)29-25(35)33-10-8-20-22(7-9-28-24(20)33)31-11-12-32(18(2)15-31)26(36)38-27(3,4)5/h7,9,13-14,16,18H,8,10-12,15H2,1-6H3,(H,29,35)/t18-/m1/s1. The highest BCUT2D eigenvalue weighted by molar-refractivity contribution is 6.04. The summed E-state index contributed by atoms with van der Waals surface area (Å²) in [5, 5.41) is 7.41. The van der Waals surface area contributed by atoms with E-state index in [-0.39, 0.29) is 18.2 Å². The van der Waals surface area contributed by atoms with E-state index in [1.807, 2.05) is 52.8 Å². The van der Waals surface area contributed by atoms with E-state index in [9.17, 15) is 9.59 Å². The summed E-state index contributed by atoms with van der Waals surface area (Å²) in [6.07, 6.45) is 3.91. The first-order chi connectivity index (χ1) is 18.0. The lowest BCUT2D eigenvalue weighted by Crippen LogP contribution is -2.55. The van der Waals surface area contributed by atoms with Crippen molar-refractivity contribution in [3.63, 3.8) is 0 Å². The van der Waals surface area contributed by atoms with Gasteiger partial charge in [-0.3, -0.25) is 4.90 Å². The molecule has 0 aromatic carbocycles. The number of pyridine rings is 2. The van der Waals surface area contributed by atoms with Gasteiger partial charge < -0.3 is 24.6 Å². The summed E-state index contributed by atoms with van der Waals surface area (Å²) in [6, 6.07) is 5.50. The first-order valence-corrected chi connectivity index (χ1v) is 12.9. The van der Waals surface area contributed by atoms with E-state index in [4.69, 9.17) is 9.47 Å². The lowest BCUT2D eigenvalue weighted by molar-refractivity contribution is 0.0159. The molecule has 0 aliphatic carbocycles. The van der Waals surface area contributed by atoms with Crippen molar-refractivity contribution in [2.45, 2.75) is 52.7 Å². The molecular weight excluding hydrogens is 486 g/mol. The van der Waals surface area contributed by atoms with E-state index in [2.05, 4.69) is 20.3 Å². The van der Waals surface area contributed by atoms with E-state index < -0.39 is 5.60 Å². The van der Waals surface area contributed by atoms with Crippen LogP contribution < -0.4 is 19.9 Å².